The summed E-state index contributed by atoms with van der Waals surface area (Å²) in [5.41, 5.74) is 0. The van der Waals surface area contributed by atoms with Crippen molar-refractivity contribution < 1.29 is 14.7 Å². The number of ketones is 2. The first-order chi connectivity index (χ1) is 7.97. The van der Waals surface area contributed by atoms with E-state index in [1.54, 1.807) is 6.92 Å². The van der Waals surface area contributed by atoms with Crippen molar-refractivity contribution in [3.05, 3.63) is 6.61 Å². The van der Waals surface area contributed by atoms with Crippen LogP contribution in [-0.2, 0) is 9.59 Å². The Hall–Kier alpha value is -0.700. The molecular weight excluding hydrogens is 216 g/mol. The Kier molecular flexibility index (Phi) is 5.31. The summed E-state index contributed by atoms with van der Waals surface area (Å²) in [6.45, 7) is 6.66. The Morgan fingerprint density at radius 2 is 2.18 bits per heavy atom. The van der Waals surface area contributed by atoms with E-state index in [0.29, 0.717) is 18.8 Å². The number of hydrogen-bond acceptors (Lipinski definition) is 3. The lowest BCUT2D eigenvalue weighted by Gasteiger charge is -2.35. The average Bonchev–Trinajstić information content (AvgIpc) is 2.27. The van der Waals surface area contributed by atoms with Crippen LogP contribution in [0.5, 0.6) is 0 Å². The Morgan fingerprint density at radius 1 is 1.53 bits per heavy atom. The minimum atomic E-state index is -0.0742. The molecule has 1 N–H and O–H groups in total. The Morgan fingerprint density at radius 3 is 2.71 bits per heavy atom. The molecule has 0 amide bonds. The van der Waals surface area contributed by atoms with Crippen molar-refractivity contribution in [2.24, 2.45) is 23.7 Å². The Bertz CT molecular complexity index is 285. The lowest BCUT2D eigenvalue weighted by Crippen LogP contribution is -2.37. The fraction of sp³-hybridized carbons (Fsp3) is 0.786. The summed E-state index contributed by atoms with van der Waals surface area (Å²) < 4.78 is 0. The molecule has 0 saturated heterocycles. The molecule has 1 radical (unpaired) electrons. The zero-order valence-corrected chi connectivity index (χ0v) is 11.0. The van der Waals surface area contributed by atoms with Crippen molar-refractivity contribution >= 4 is 11.6 Å². The Balaban J connectivity index is 2.66. The standard InChI is InChI=1S/C14H23O3/c1-9-4-6-13(10(2)8-15)14(17)12(9)7-5-11(3)16/h8-10,12-13,15H,4-7H2,1-3H3/t9-,10+,12?,13+/m1/s1. The normalized spacial score (nSPS) is 31.3. The lowest BCUT2D eigenvalue weighted by molar-refractivity contribution is -0.133. The van der Waals surface area contributed by atoms with Crippen molar-refractivity contribution in [1.29, 1.82) is 0 Å². The zero-order chi connectivity index (χ0) is 13.0. The van der Waals surface area contributed by atoms with E-state index >= 15 is 0 Å². The van der Waals surface area contributed by atoms with Gasteiger partial charge in [0.25, 0.3) is 0 Å². The van der Waals surface area contributed by atoms with Crippen LogP contribution in [0.25, 0.3) is 0 Å². The van der Waals surface area contributed by atoms with Crippen molar-refractivity contribution in [1.82, 2.24) is 0 Å². The van der Waals surface area contributed by atoms with Gasteiger partial charge in [-0.05, 0) is 38.0 Å². The van der Waals surface area contributed by atoms with Gasteiger partial charge in [-0.1, -0.05) is 13.8 Å². The number of aliphatic hydroxyl groups excluding tert-OH is 1. The minimum Gasteiger partial charge on any atom is -0.390 e. The van der Waals surface area contributed by atoms with Crippen molar-refractivity contribution in [3.8, 4) is 0 Å². The molecule has 1 aliphatic rings. The first kappa shape index (κ1) is 14.4. The van der Waals surface area contributed by atoms with E-state index in [0.717, 1.165) is 19.4 Å². The summed E-state index contributed by atoms with van der Waals surface area (Å²) in [7, 11) is 0. The number of hydrogen-bond donors (Lipinski definition) is 1. The van der Waals surface area contributed by atoms with Gasteiger partial charge < -0.3 is 9.90 Å². The second-order valence-corrected chi connectivity index (χ2v) is 5.42. The maximum Gasteiger partial charge on any atom is 0.139 e. The van der Waals surface area contributed by atoms with Crippen LogP contribution in [0, 0.1) is 30.3 Å². The van der Waals surface area contributed by atoms with Crippen LogP contribution >= 0.6 is 0 Å². The van der Waals surface area contributed by atoms with E-state index < -0.39 is 0 Å². The second kappa shape index (κ2) is 6.29. The molecule has 0 aromatic rings. The summed E-state index contributed by atoms with van der Waals surface area (Å²) >= 11 is 0. The summed E-state index contributed by atoms with van der Waals surface area (Å²) in [6.07, 6.45) is 3.03. The Labute approximate surface area is 104 Å². The van der Waals surface area contributed by atoms with Crippen LogP contribution in [0.1, 0.15) is 46.5 Å². The third-order valence-corrected chi connectivity index (χ3v) is 4.03. The molecule has 0 bridgehead atoms. The lowest BCUT2D eigenvalue weighted by atomic mass is 9.68. The molecule has 4 atom stereocenters. The number of aliphatic hydroxyl groups is 1. The van der Waals surface area contributed by atoms with Crippen LogP contribution in [0.2, 0.25) is 0 Å². The highest BCUT2D eigenvalue weighted by molar-refractivity contribution is 5.85. The van der Waals surface area contributed by atoms with Gasteiger partial charge in [0.05, 0.1) is 6.61 Å². The smallest absolute Gasteiger partial charge is 0.139 e. The topological polar surface area (TPSA) is 54.4 Å². The van der Waals surface area contributed by atoms with E-state index in [2.05, 4.69) is 6.92 Å². The van der Waals surface area contributed by atoms with Crippen LogP contribution in [-0.4, -0.2) is 16.7 Å². The first-order valence-electron chi connectivity index (χ1n) is 6.48. The maximum absolute atomic E-state index is 12.3. The van der Waals surface area contributed by atoms with Crippen molar-refractivity contribution in [3.63, 3.8) is 0 Å². The largest absolute Gasteiger partial charge is 0.390 e. The van der Waals surface area contributed by atoms with E-state index in [-0.39, 0.29) is 29.3 Å². The highest BCUT2D eigenvalue weighted by atomic mass is 16.3. The minimum absolute atomic E-state index is 0.0000463. The number of rotatable bonds is 5. The van der Waals surface area contributed by atoms with Gasteiger partial charge in [-0.25, -0.2) is 0 Å². The molecule has 0 aromatic heterocycles. The summed E-state index contributed by atoms with van der Waals surface area (Å²) in [5, 5.41) is 9.04. The predicted molar refractivity (Wildman–Crippen MR) is 65.7 cm³/mol. The van der Waals surface area contributed by atoms with E-state index in [1.807, 2.05) is 6.92 Å². The van der Waals surface area contributed by atoms with Crippen LogP contribution in [0.3, 0.4) is 0 Å². The van der Waals surface area contributed by atoms with Crippen LogP contribution in [0.4, 0.5) is 0 Å². The fourth-order valence-corrected chi connectivity index (χ4v) is 2.75. The van der Waals surface area contributed by atoms with Gasteiger partial charge in [0.1, 0.15) is 11.6 Å². The van der Waals surface area contributed by atoms with Gasteiger partial charge in [0, 0.05) is 18.3 Å². The molecule has 1 aliphatic carbocycles. The molecule has 1 saturated carbocycles. The summed E-state index contributed by atoms with van der Waals surface area (Å²) in [4.78, 5) is 23.3. The van der Waals surface area contributed by atoms with Crippen LogP contribution in [0.15, 0.2) is 0 Å². The maximum atomic E-state index is 12.3. The number of Topliss-reactive ketones (excluding diaryl/α,β-unsaturated/α-hetero) is 2. The monoisotopic (exact) mass is 239 g/mol. The third-order valence-electron chi connectivity index (χ3n) is 4.03. The second-order valence-electron chi connectivity index (χ2n) is 5.42. The van der Waals surface area contributed by atoms with Crippen LogP contribution < -0.4 is 0 Å². The van der Waals surface area contributed by atoms with Gasteiger partial charge in [-0.15, -0.1) is 0 Å². The summed E-state index contributed by atoms with van der Waals surface area (Å²) in [5.74, 6) is 0.615. The van der Waals surface area contributed by atoms with Gasteiger partial charge >= 0.3 is 0 Å². The quantitative estimate of drug-likeness (QED) is 0.802. The molecule has 1 unspecified atom stereocenters. The van der Waals surface area contributed by atoms with E-state index in [9.17, 15) is 9.59 Å². The SMILES string of the molecule is CC(=O)CCC1C(=O)[C@H]([C@@H](C)[CH]O)CC[C@H]1C. The molecular formula is C14H23O3. The molecule has 17 heavy (non-hydrogen) atoms. The summed E-state index contributed by atoms with van der Waals surface area (Å²) in [6, 6.07) is 0. The number of carbonyl (C=O) groups is 2. The number of carbonyl (C=O) groups excluding carboxylic acids is 2. The van der Waals surface area contributed by atoms with Crippen molar-refractivity contribution in [2.45, 2.75) is 46.5 Å². The highest BCUT2D eigenvalue weighted by Crippen LogP contribution is 2.37. The molecule has 3 nitrogen and oxygen atoms in total. The van der Waals surface area contributed by atoms with Crippen molar-refractivity contribution in [2.75, 3.05) is 0 Å². The molecule has 1 fully saturated rings. The molecule has 0 spiro atoms. The van der Waals surface area contributed by atoms with Gasteiger partial charge in [-0.3, -0.25) is 4.79 Å². The average molecular weight is 239 g/mol. The molecule has 0 heterocycles. The zero-order valence-electron chi connectivity index (χ0n) is 11.0. The molecule has 1 rings (SSSR count). The molecule has 97 valence electrons. The van der Waals surface area contributed by atoms with E-state index in [4.69, 9.17) is 5.11 Å². The molecule has 0 aromatic carbocycles. The highest BCUT2D eigenvalue weighted by Gasteiger charge is 2.37. The van der Waals surface area contributed by atoms with Gasteiger partial charge in [0.2, 0.25) is 0 Å². The molecule has 0 aliphatic heterocycles. The van der Waals surface area contributed by atoms with Gasteiger partial charge in [0.15, 0.2) is 0 Å². The molecule has 3 heteroatoms. The van der Waals surface area contributed by atoms with Gasteiger partial charge in [-0.2, -0.15) is 0 Å². The predicted octanol–water partition coefficient (Wildman–Crippen LogP) is 2.76. The third kappa shape index (κ3) is 3.63. The van der Waals surface area contributed by atoms with E-state index in [1.165, 1.54) is 0 Å². The fourth-order valence-electron chi connectivity index (χ4n) is 2.75. The first-order valence-corrected chi connectivity index (χ1v) is 6.48.